The summed E-state index contributed by atoms with van der Waals surface area (Å²) in [5.74, 6) is 1.05. The Balaban J connectivity index is 1.46. The zero-order valence-corrected chi connectivity index (χ0v) is 17.0. The number of nitrogens with zero attached hydrogens (tertiary/aromatic N) is 5. The Bertz CT molecular complexity index is 838. The first-order valence-corrected chi connectivity index (χ1v) is 10.0. The van der Waals surface area contributed by atoms with E-state index in [1.165, 1.54) is 0 Å². The third-order valence-corrected chi connectivity index (χ3v) is 5.98. The fourth-order valence-electron chi connectivity index (χ4n) is 4.30. The van der Waals surface area contributed by atoms with E-state index in [0.29, 0.717) is 19.1 Å². The SMILES string of the molecule is CN1C[C@H](C(=O)N2Cc3cnc(-c4ccccc4)nc3C2)CC[C@H](N(C)C)C1. The molecule has 2 aliphatic rings. The molecule has 148 valence electrons. The molecule has 0 radical (unpaired) electrons. The van der Waals surface area contributed by atoms with Crippen LogP contribution in [0.2, 0.25) is 0 Å². The molecule has 0 saturated carbocycles. The standard InChI is InChI=1S/C22H29N5O/c1-25(2)19-10-9-17(12-26(3)14-19)22(28)27-13-18-11-23-21(24-20(18)15-27)16-7-5-4-6-8-16/h4-8,11,17,19H,9-10,12-15H2,1-3H3/t17-,19+/m1/s1. The second-order valence-electron chi connectivity index (χ2n) is 8.34. The van der Waals surface area contributed by atoms with Crippen LogP contribution in [-0.4, -0.2) is 70.8 Å². The molecule has 6 heteroatoms. The van der Waals surface area contributed by atoms with Gasteiger partial charge in [0.1, 0.15) is 0 Å². The predicted molar refractivity (Wildman–Crippen MR) is 109 cm³/mol. The maximum atomic E-state index is 13.2. The van der Waals surface area contributed by atoms with E-state index in [9.17, 15) is 4.79 Å². The molecule has 4 rings (SSSR count). The molecule has 0 aliphatic carbocycles. The largest absolute Gasteiger partial charge is 0.332 e. The second-order valence-corrected chi connectivity index (χ2v) is 8.34. The predicted octanol–water partition coefficient (Wildman–Crippen LogP) is 2.26. The van der Waals surface area contributed by atoms with Gasteiger partial charge in [-0.15, -0.1) is 0 Å². The van der Waals surface area contributed by atoms with Gasteiger partial charge in [0, 0.05) is 43.0 Å². The van der Waals surface area contributed by atoms with Gasteiger partial charge in [-0.3, -0.25) is 4.79 Å². The lowest BCUT2D eigenvalue weighted by molar-refractivity contribution is -0.136. The Kier molecular flexibility index (Phi) is 5.42. The lowest BCUT2D eigenvalue weighted by atomic mass is 10.00. The zero-order chi connectivity index (χ0) is 19.7. The van der Waals surface area contributed by atoms with E-state index < -0.39 is 0 Å². The van der Waals surface area contributed by atoms with E-state index in [2.05, 4.69) is 35.9 Å². The van der Waals surface area contributed by atoms with Crippen molar-refractivity contribution < 1.29 is 4.79 Å². The number of hydrogen-bond donors (Lipinski definition) is 0. The highest BCUT2D eigenvalue weighted by Crippen LogP contribution is 2.27. The highest BCUT2D eigenvalue weighted by Gasteiger charge is 2.33. The van der Waals surface area contributed by atoms with Gasteiger partial charge in [0.25, 0.3) is 0 Å². The number of rotatable bonds is 3. The number of amides is 1. The number of likely N-dealkylation sites (tertiary alicyclic amines) is 1. The summed E-state index contributed by atoms with van der Waals surface area (Å²) in [6, 6.07) is 10.5. The van der Waals surface area contributed by atoms with Crippen LogP contribution >= 0.6 is 0 Å². The number of carbonyl (C=O) groups is 1. The van der Waals surface area contributed by atoms with Crippen LogP contribution in [0.15, 0.2) is 36.5 Å². The van der Waals surface area contributed by atoms with Crippen LogP contribution in [0.4, 0.5) is 0 Å². The lowest BCUT2D eigenvalue weighted by Gasteiger charge is -2.26. The van der Waals surface area contributed by atoms with Crippen molar-refractivity contribution in [2.75, 3.05) is 34.2 Å². The summed E-state index contributed by atoms with van der Waals surface area (Å²) in [4.78, 5) is 29.0. The summed E-state index contributed by atoms with van der Waals surface area (Å²) in [7, 11) is 6.37. The molecule has 28 heavy (non-hydrogen) atoms. The van der Waals surface area contributed by atoms with Gasteiger partial charge in [-0.05, 0) is 34.0 Å². The van der Waals surface area contributed by atoms with Crippen molar-refractivity contribution in [2.45, 2.75) is 32.0 Å². The number of aromatic nitrogens is 2. The molecule has 1 saturated heterocycles. The molecule has 0 spiro atoms. The summed E-state index contributed by atoms with van der Waals surface area (Å²) >= 11 is 0. The smallest absolute Gasteiger partial charge is 0.227 e. The average Bonchev–Trinajstić information content (AvgIpc) is 3.02. The highest BCUT2D eigenvalue weighted by atomic mass is 16.2. The first kappa shape index (κ1) is 19.0. The minimum Gasteiger partial charge on any atom is -0.332 e. The molecule has 0 unspecified atom stereocenters. The molecule has 1 aromatic carbocycles. The van der Waals surface area contributed by atoms with E-state index in [-0.39, 0.29) is 11.8 Å². The Morgan fingerprint density at radius 2 is 1.89 bits per heavy atom. The zero-order valence-electron chi connectivity index (χ0n) is 17.0. The van der Waals surface area contributed by atoms with Crippen LogP contribution in [0.25, 0.3) is 11.4 Å². The molecule has 1 aromatic heterocycles. The number of benzene rings is 1. The van der Waals surface area contributed by atoms with E-state index in [0.717, 1.165) is 48.6 Å². The van der Waals surface area contributed by atoms with Crippen molar-refractivity contribution >= 4 is 5.91 Å². The monoisotopic (exact) mass is 379 g/mol. The minimum atomic E-state index is 0.0609. The van der Waals surface area contributed by atoms with E-state index in [1.54, 1.807) is 0 Å². The molecule has 2 aromatic rings. The molecule has 1 amide bonds. The number of hydrogen-bond acceptors (Lipinski definition) is 5. The summed E-state index contributed by atoms with van der Waals surface area (Å²) in [6.45, 7) is 3.06. The number of likely N-dealkylation sites (N-methyl/N-ethyl adjacent to an activating group) is 2. The first-order chi connectivity index (χ1) is 13.5. The summed E-state index contributed by atoms with van der Waals surface area (Å²) < 4.78 is 0. The Labute approximate surface area is 167 Å². The van der Waals surface area contributed by atoms with Crippen LogP contribution in [0, 0.1) is 5.92 Å². The van der Waals surface area contributed by atoms with E-state index in [4.69, 9.17) is 4.98 Å². The maximum Gasteiger partial charge on any atom is 0.227 e. The van der Waals surface area contributed by atoms with Gasteiger partial charge in [-0.25, -0.2) is 9.97 Å². The second kappa shape index (κ2) is 7.97. The molecular formula is C22H29N5O. The van der Waals surface area contributed by atoms with Gasteiger partial charge in [0.05, 0.1) is 18.2 Å². The van der Waals surface area contributed by atoms with Gasteiger partial charge < -0.3 is 14.7 Å². The van der Waals surface area contributed by atoms with E-state index >= 15 is 0 Å². The fourth-order valence-corrected chi connectivity index (χ4v) is 4.30. The first-order valence-electron chi connectivity index (χ1n) is 10.0. The van der Waals surface area contributed by atoms with Crippen LogP contribution in [0.1, 0.15) is 24.1 Å². The van der Waals surface area contributed by atoms with E-state index in [1.807, 2.05) is 41.4 Å². The van der Waals surface area contributed by atoms with Crippen LogP contribution in [0.3, 0.4) is 0 Å². The van der Waals surface area contributed by atoms with Crippen molar-refractivity contribution in [1.29, 1.82) is 0 Å². The minimum absolute atomic E-state index is 0.0609. The van der Waals surface area contributed by atoms with Crippen molar-refractivity contribution in [2.24, 2.45) is 5.92 Å². The van der Waals surface area contributed by atoms with Gasteiger partial charge >= 0.3 is 0 Å². The molecular weight excluding hydrogens is 350 g/mol. The van der Waals surface area contributed by atoms with Crippen LogP contribution < -0.4 is 0 Å². The highest BCUT2D eigenvalue weighted by molar-refractivity contribution is 5.79. The maximum absolute atomic E-state index is 13.2. The third-order valence-electron chi connectivity index (χ3n) is 5.98. The fraction of sp³-hybridized carbons (Fsp3) is 0.500. The molecule has 6 nitrogen and oxygen atoms in total. The van der Waals surface area contributed by atoms with Crippen molar-refractivity contribution in [3.8, 4) is 11.4 Å². The molecule has 0 bridgehead atoms. The molecule has 0 N–H and O–H groups in total. The van der Waals surface area contributed by atoms with Gasteiger partial charge in [0.2, 0.25) is 5.91 Å². The molecule has 2 atom stereocenters. The number of carbonyl (C=O) groups excluding carboxylic acids is 1. The summed E-state index contributed by atoms with van der Waals surface area (Å²) in [5, 5.41) is 0. The molecule has 2 aliphatic heterocycles. The topological polar surface area (TPSA) is 52.6 Å². The quantitative estimate of drug-likeness (QED) is 0.819. The van der Waals surface area contributed by atoms with Gasteiger partial charge in [-0.1, -0.05) is 30.3 Å². The van der Waals surface area contributed by atoms with Crippen LogP contribution in [-0.2, 0) is 17.9 Å². The average molecular weight is 380 g/mol. The van der Waals surface area contributed by atoms with Crippen molar-refractivity contribution in [3.05, 3.63) is 47.8 Å². The van der Waals surface area contributed by atoms with Crippen molar-refractivity contribution in [3.63, 3.8) is 0 Å². The number of fused-ring (bicyclic) bond motifs is 1. The third kappa shape index (κ3) is 3.93. The normalized spacial score (nSPS) is 22.9. The summed E-state index contributed by atoms with van der Waals surface area (Å²) in [6.07, 6.45) is 3.89. The Morgan fingerprint density at radius 3 is 2.64 bits per heavy atom. The van der Waals surface area contributed by atoms with Gasteiger partial charge in [-0.2, -0.15) is 0 Å². The Morgan fingerprint density at radius 1 is 1.11 bits per heavy atom. The summed E-state index contributed by atoms with van der Waals surface area (Å²) in [5.41, 5.74) is 3.06. The molecule has 3 heterocycles. The molecule has 1 fully saturated rings. The Hall–Kier alpha value is -2.31. The van der Waals surface area contributed by atoms with Crippen molar-refractivity contribution in [1.82, 2.24) is 24.7 Å². The van der Waals surface area contributed by atoms with Gasteiger partial charge in [0.15, 0.2) is 5.82 Å². The lowest BCUT2D eigenvalue weighted by Crippen LogP contribution is -2.39. The van der Waals surface area contributed by atoms with Crippen LogP contribution in [0.5, 0.6) is 0 Å².